The summed E-state index contributed by atoms with van der Waals surface area (Å²) < 4.78 is 4.92. The van der Waals surface area contributed by atoms with Crippen molar-refractivity contribution in [2.24, 2.45) is 0 Å². The van der Waals surface area contributed by atoms with Crippen LogP contribution in [0.3, 0.4) is 0 Å². The fourth-order valence-corrected chi connectivity index (χ4v) is 3.72. The summed E-state index contributed by atoms with van der Waals surface area (Å²) in [5, 5.41) is 4.54. The van der Waals surface area contributed by atoms with Gasteiger partial charge < -0.3 is 15.4 Å². The Morgan fingerprint density at radius 3 is 2.62 bits per heavy atom. The van der Waals surface area contributed by atoms with E-state index in [0.717, 1.165) is 16.7 Å². The molecule has 2 heterocycles. The van der Waals surface area contributed by atoms with Crippen molar-refractivity contribution in [2.45, 2.75) is 13.0 Å². The van der Waals surface area contributed by atoms with E-state index in [1.807, 2.05) is 0 Å². The second-order valence-electron chi connectivity index (χ2n) is 7.14. The molecular formula is C23H22N4O6S. The van der Waals surface area contributed by atoms with E-state index in [0.29, 0.717) is 11.1 Å². The number of benzene rings is 1. The average molecular weight is 483 g/mol. The second-order valence-corrected chi connectivity index (χ2v) is 8.13. The van der Waals surface area contributed by atoms with Gasteiger partial charge in [0.2, 0.25) is 0 Å². The molecule has 0 radical (unpaired) electrons. The number of nitrogens with one attached hydrogen (secondary N) is 2. The zero-order chi connectivity index (χ0) is 24.5. The number of aromatic nitrogens is 1. The van der Waals surface area contributed by atoms with Crippen LogP contribution < -0.4 is 10.6 Å². The first-order valence-corrected chi connectivity index (χ1v) is 11.1. The Hall–Kier alpha value is -3.99. The third-order valence-electron chi connectivity index (χ3n) is 4.60. The summed E-state index contributed by atoms with van der Waals surface area (Å²) in [6.45, 7) is 0.848. The minimum Gasteiger partial charge on any atom is -0.454 e. The zero-order valence-corrected chi connectivity index (χ0v) is 19.0. The highest BCUT2D eigenvalue weighted by atomic mass is 32.2. The maximum Gasteiger partial charge on any atom is 0.328 e. The molecule has 1 aliphatic rings. The number of carbonyl (C=O) groups excluding carboxylic acids is 5. The van der Waals surface area contributed by atoms with Crippen LogP contribution in [0.1, 0.15) is 22.8 Å². The van der Waals surface area contributed by atoms with E-state index in [4.69, 9.17) is 4.74 Å². The number of amides is 4. The van der Waals surface area contributed by atoms with Gasteiger partial charge in [-0.05, 0) is 48.5 Å². The van der Waals surface area contributed by atoms with Crippen LogP contribution in [-0.4, -0.2) is 64.6 Å². The molecule has 1 fully saturated rings. The SMILES string of the molecule is C[C@H](NC(=O)c1ccccc1)C(=O)OCC(=O)NCCN1C(=O)S/C(=C\c2cccnc2)C1=O. The zero-order valence-electron chi connectivity index (χ0n) is 18.2. The van der Waals surface area contributed by atoms with Crippen molar-refractivity contribution < 1.29 is 28.7 Å². The van der Waals surface area contributed by atoms with Gasteiger partial charge in [-0.3, -0.25) is 29.1 Å². The lowest BCUT2D eigenvalue weighted by molar-refractivity contribution is -0.150. The summed E-state index contributed by atoms with van der Waals surface area (Å²) in [6.07, 6.45) is 4.75. The van der Waals surface area contributed by atoms with E-state index in [9.17, 15) is 24.0 Å². The minimum atomic E-state index is -0.956. The van der Waals surface area contributed by atoms with E-state index in [-0.39, 0.29) is 18.0 Å². The first-order valence-electron chi connectivity index (χ1n) is 10.3. The van der Waals surface area contributed by atoms with Gasteiger partial charge in [0, 0.05) is 31.0 Å². The van der Waals surface area contributed by atoms with Gasteiger partial charge >= 0.3 is 5.97 Å². The van der Waals surface area contributed by atoms with Crippen molar-refractivity contribution in [1.82, 2.24) is 20.5 Å². The number of pyridine rings is 1. The maximum absolute atomic E-state index is 12.5. The van der Waals surface area contributed by atoms with Gasteiger partial charge in [-0.1, -0.05) is 24.3 Å². The Balaban J connectivity index is 1.39. The Morgan fingerprint density at radius 2 is 1.91 bits per heavy atom. The van der Waals surface area contributed by atoms with Crippen molar-refractivity contribution in [3.05, 3.63) is 70.9 Å². The molecule has 3 rings (SSSR count). The summed E-state index contributed by atoms with van der Waals surface area (Å²) in [6, 6.07) is 10.9. The Kier molecular flexibility index (Phi) is 8.52. The van der Waals surface area contributed by atoms with Crippen molar-refractivity contribution >= 4 is 46.8 Å². The minimum absolute atomic E-state index is 0.00507. The van der Waals surface area contributed by atoms with E-state index in [2.05, 4.69) is 15.6 Å². The quantitative estimate of drug-likeness (QED) is 0.407. The molecule has 0 aliphatic carbocycles. The molecule has 0 spiro atoms. The highest BCUT2D eigenvalue weighted by Crippen LogP contribution is 2.31. The lowest BCUT2D eigenvalue weighted by atomic mass is 10.2. The van der Waals surface area contributed by atoms with Crippen LogP contribution in [0.2, 0.25) is 0 Å². The van der Waals surface area contributed by atoms with Crippen LogP contribution in [0.5, 0.6) is 0 Å². The molecule has 1 aromatic carbocycles. The fraction of sp³-hybridized carbons (Fsp3) is 0.217. The van der Waals surface area contributed by atoms with Crippen molar-refractivity contribution in [1.29, 1.82) is 0 Å². The van der Waals surface area contributed by atoms with Crippen LogP contribution in [0, 0.1) is 0 Å². The predicted octanol–water partition coefficient (Wildman–Crippen LogP) is 1.60. The van der Waals surface area contributed by atoms with Crippen LogP contribution in [0.25, 0.3) is 6.08 Å². The van der Waals surface area contributed by atoms with Gasteiger partial charge in [0.1, 0.15) is 6.04 Å². The number of imide groups is 1. The number of esters is 1. The van der Waals surface area contributed by atoms with E-state index in [1.165, 1.54) is 6.92 Å². The second kappa shape index (κ2) is 11.8. The predicted molar refractivity (Wildman–Crippen MR) is 124 cm³/mol. The van der Waals surface area contributed by atoms with Gasteiger partial charge in [-0.25, -0.2) is 4.79 Å². The molecule has 2 N–H and O–H groups in total. The van der Waals surface area contributed by atoms with Crippen molar-refractivity contribution in [3.63, 3.8) is 0 Å². The Morgan fingerprint density at radius 1 is 1.15 bits per heavy atom. The van der Waals surface area contributed by atoms with E-state index < -0.39 is 41.6 Å². The molecule has 1 aliphatic heterocycles. The van der Waals surface area contributed by atoms with Gasteiger partial charge in [-0.15, -0.1) is 0 Å². The van der Waals surface area contributed by atoms with Crippen molar-refractivity contribution in [2.75, 3.05) is 19.7 Å². The maximum atomic E-state index is 12.5. The molecule has 176 valence electrons. The molecule has 11 heteroatoms. The smallest absolute Gasteiger partial charge is 0.328 e. The summed E-state index contributed by atoms with van der Waals surface area (Å²) in [4.78, 5) is 65.9. The third-order valence-corrected chi connectivity index (χ3v) is 5.50. The van der Waals surface area contributed by atoms with Crippen LogP contribution in [0.15, 0.2) is 59.8 Å². The van der Waals surface area contributed by atoms with E-state index in [1.54, 1.807) is 60.9 Å². The number of carbonyl (C=O) groups is 5. The molecule has 10 nitrogen and oxygen atoms in total. The molecule has 4 amide bonds. The largest absolute Gasteiger partial charge is 0.454 e. The fourth-order valence-electron chi connectivity index (χ4n) is 2.85. The molecule has 1 saturated heterocycles. The van der Waals surface area contributed by atoms with Gasteiger partial charge in [0.05, 0.1) is 4.91 Å². The lowest BCUT2D eigenvalue weighted by Crippen LogP contribution is -2.42. The van der Waals surface area contributed by atoms with Gasteiger partial charge in [-0.2, -0.15) is 0 Å². The lowest BCUT2D eigenvalue weighted by Gasteiger charge is -2.14. The van der Waals surface area contributed by atoms with Crippen molar-refractivity contribution in [3.8, 4) is 0 Å². The summed E-state index contributed by atoms with van der Waals surface area (Å²) in [7, 11) is 0. The monoisotopic (exact) mass is 482 g/mol. The van der Waals surface area contributed by atoms with Crippen LogP contribution in [-0.2, 0) is 19.1 Å². The normalized spacial score (nSPS) is 15.2. The number of rotatable bonds is 9. The topological polar surface area (TPSA) is 135 Å². The number of ether oxygens (including phenoxy) is 1. The number of nitrogens with zero attached hydrogens (tertiary/aromatic N) is 2. The van der Waals surface area contributed by atoms with E-state index >= 15 is 0 Å². The molecule has 34 heavy (non-hydrogen) atoms. The Bertz CT molecular complexity index is 1110. The summed E-state index contributed by atoms with van der Waals surface area (Å²) in [5.74, 6) is -2.27. The molecule has 0 unspecified atom stereocenters. The standard InChI is InChI=1S/C23H22N4O6S/c1-15(26-20(29)17-7-3-2-4-8-17)22(31)33-14-19(28)25-10-11-27-21(30)18(34-23(27)32)12-16-6-5-9-24-13-16/h2-9,12-13,15H,10-11,14H2,1H3,(H,25,28)(H,26,29)/b18-12-/t15-/m0/s1. The summed E-state index contributed by atoms with van der Waals surface area (Å²) in [5.41, 5.74) is 1.08. The average Bonchev–Trinajstić information content (AvgIpc) is 3.10. The third kappa shape index (κ3) is 6.75. The van der Waals surface area contributed by atoms with Crippen LogP contribution in [0.4, 0.5) is 4.79 Å². The van der Waals surface area contributed by atoms with Gasteiger partial charge in [0.25, 0.3) is 23.0 Å². The molecule has 1 atom stereocenters. The Labute approximate surface area is 199 Å². The van der Waals surface area contributed by atoms with Crippen LogP contribution >= 0.6 is 11.8 Å². The highest BCUT2D eigenvalue weighted by Gasteiger charge is 2.34. The first-order chi connectivity index (χ1) is 16.3. The number of thioether (sulfide) groups is 1. The number of hydrogen-bond donors (Lipinski definition) is 2. The molecule has 0 saturated carbocycles. The first kappa shape index (κ1) is 24.6. The molecule has 1 aromatic heterocycles. The highest BCUT2D eigenvalue weighted by molar-refractivity contribution is 8.18. The molecule has 2 aromatic rings. The number of hydrogen-bond acceptors (Lipinski definition) is 8. The molecule has 0 bridgehead atoms. The summed E-state index contributed by atoms with van der Waals surface area (Å²) >= 11 is 0.810. The van der Waals surface area contributed by atoms with Gasteiger partial charge in [0.15, 0.2) is 6.61 Å². The molecular weight excluding hydrogens is 460 g/mol.